The average molecular weight is 287 g/mol. The van der Waals surface area contributed by atoms with Crippen molar-refractivity contribution in [3.63, 3.8) is 0 Å². The SMILES string of the molecule is Cc1cc(C(C)NCc2nc(-c3ccco3)no2)c(C)o1. The highest BCUT2D eigenvalue weighted by atomic mass is 16.5. The minimum absolute atomic E-state index is 0.140. The zero-order valence-corrected chi connectivity index (χ0v) is 12.2. The van der Waals surface area contributed by atoms with Gasteiger partial charge in [-0.25, -0.2) is 0 Å². The topological polar surface area (TPSA) is 77.2 Å². The third-order valence-electron chi connectivity index (χ3n) is 3.32. The zero-order valence-electron chi connectivity index (χ0n) is 12.2. The summed E-state index contributed by atoms with van der Waals surface area (Å²) in [6, 6.07) is 5.76. The van der Waals surface area contributed by atoms with Crippen LogP contribution in [0.4, 0.5) is 0 Å². The Hall–Kier alpha value is -2.34. The normalized spacial score (nSPS) is 12.7. The van der Waals surface area contributed by atoms with E-state index in [0.717, 1.165) is 17.1 Å². The third kappa shape index (κ3) is 2.90. The molecule has 0 aliphatic carbocycles. The van der Waals surface area contributed by atoms with E-state index in [0.29, 0.717) is 24.0 Å². The van der Waals surface area contributed by atoms with Gasteiger partial charge in [0, 0.05) is 11.6 Å². The Bertz CT molecular complexity index is 712. The second-order valence-corrected chi connectivity index (χ2v) is 4.96. The molecule has 3 aromatic rings. The van der Waals surface area contributed by atoms with Gasteiger partial charge in [-0.15, -0.1) is 0 Å². The van der Waals surface area contributed by atoms with Gasteiger partial charge in [-0.2, -0.15) is 4.98 Å². The summed E-state index contributed by atoms with van der Waals surface area (Å²) in [5.41, 5.74) is 1.14. The van der Waals surface area contributed by atoms with Crippen molar-refractivity contribution in [1.82, 2.24) is 15.5 Å². The molecule has 6 heteroatoms. The van der Waals surface area contributed by atoms with E-state index < -0.39 is 0 Å². The molecule has 0 radical (unpaired) electrons. The molecule has 0 aliphatic heterocycles. The number of rotatable bonds is 5. The van der Waals surface area contributed by atoms with Crippen LogP contribution < -0.4 is 5.32 Å². The summed E-state index contributed by atoms with van der Waals surface area (Å²) < 4.78 is 16.0. The summed E-state index contributed by atoms with van der Waals surface area (Å²) in [6.07, 6.45) is 1.58. The van der Waals surface area contributed by atoms with Crippen molar-refractivity contribution in [3.8, 4) is 11.6 Å². The summed E-state index contributed by atoms with van der Waals surface area (Å²) in [5.74, 6) is 3.41. The quantitative estimate of drug-likeness (QED) is 0.775. The number of nitrogens with one attached hydrogen (secondary N) is 1. The maximum absolute atomic E-state index is 5.54. The van der Waals surface area contributed by atoms with Gasteiger partial charge in [0.15, 0.2) is 5.76 Å². The first kappa shape index (κ1) is 13.6. The first-order valence-corrected chi connectivity index (χ1v) is 6.80. The van der Waals surface area contributed by atoms with E-state index in [9.17, 15) is 0 Å². The Kier molecular flexibility index (Phi) is 3.62. The standard InChI is InChI=1S/C15H17N3O3/c1-9-7-12(11(3)20-9)10(2)16-8-14-17-15(18-21-14)13-5-4-6-19-13/h4-7,10,16H,8H2,1-3H3. The van der Waals surface area contributed by atoms with Crippen LogP contribution in [-0.2, 0) is 6.54 Å². The molecule has 0 fully saturated rings. The minimum atomic E-state index is 0.140. The molecule has 0 spiro atoms. The molecule has 6 nitrogen and oxygen atoms in total. The maximum atomic E-state index is 5.54. The van der Waals surface area contributed by atoms with Crippen molar-refractivity contribution in [3.05, 3.63) is 47.4 Å². The molecule has 0 bridgehead atoms. The van der Waals surface area contributed by atoms with Gasteiger partial charge < -0.3 is 18.7 Å². The summed E-state index contributed by atoms with van der Waals surface area (Å²) in [7, 11) is 0. The number of nitrogens with zero attached hydrogens (tertiary/aromatic N) is 2. The molecule has 1 N–H and O–H groups in total. The van der Waals surface area contributed by atoms with Crippen molar-refractivity contribution in [2.24, 2.45) is 0 Å². The Labute approximate surface area is 122 Å². The number of furan rings is 2. The van der Waals surface area contributed by atoms with Crippen molar-refractivity contribution < 1.29 is 13.4 Å². The fraction of sp³-hybridized carbons (Fsp3) is 0.333. The smallest absolute Gasteiger partial charge is 0.241 e. The van der Waals surface area contributed by atoms with Crippen LogP contribution in [0, 0.1) is 13.8 Å². The lowest BCUT2D eigenvalue weighted by Gasteiger charge is -2.10. The van der Waals surface area contributed by atoms with Crippen LogP contribution in [0.1, 0.15) is 35.9 Å². The Morgan fingerprint density at radius 3 is 2.86 bits per heavy atom. The highest BCUT2D eigenvalue weighted by Gasteiger charge is 2.15. The fourth-order valence-electron chi connectivity index (χ4n) is 2.26. The lowest BCUT2D eigenvalue weighted by atomic mass is 10.1. The number of aromatic nitrogens is 2. The third-order valence-corrected chi connectivity index (χ3v) is 3.32. The van der Waals surface area contributed by atoms with Crippen molar-refractivity contribution in [2.45, 2.75) is 33.4 Å². The molecule has 1 unspecified atom stereocenters. The van der Waals surface area contributed by atoms with Crippen LogP contribution in [0.25, 0.3) is 11.6 Å². The number of hydrogen-bond acceptors (Lipinski definition) is 6. The lowest BCUT2D eigenvalue weighted by molar-refractivity contribution is 0.359. The van der Waals surface area contributed by atoms with Crippen molar-refractivity contribution in [1.29, 1.82) is 0 Å². The van der Waals surface area contributed by atoms with Crippen LogP contribution in [0.2, 0.25) is 0 Å². The van der Waals surface area contributed by atoms with Gasteiger partial charge in [0.05, 0.1) is 12.8 Å². The first-order valence-electron chi connectivity index (χ1n) is 6.80. The molecule has 3 rings (SSSR count). The lowest BCUT2D eigenvalue weighted by Crippen LogP contribution is -2.18. The van der Waals surface area contributed by atoms with E-state index in [4.69, 9.17) is 13.4 Å². The molecule has 21 heavy (non-hydrogen) atoms. The van der Waals surface area contributed by atoms with Gasteiger partial charge in [0.2, 0.25) is 11.7 Å². The predicted octanol–water partition coefficient (Wildman–Crippen LogP) is 3.39. The van der Waals surface area contributed by atoms with E-state index in [1.165, 1.54) is 0 Å². The molecular weight excluding hydrogens is 270 g/mol. The molecule has 110 valence electrons. The largest absolute Gasteiger partial charge is 0.466 e. The zero-order chi connectivity index (χ0) is 14.8. The Balaban J connectivity index is 1.64. The van der Waals surface area contributed by atoms with E-state index in [1.807, 2.05) is 19.9 Å². The average Bonchev–Trinajstić information content (AvgIpc) is 3.15. The molecule has 0 saturated heterocycles. The van der Waals surface area contributed by atoms with Gasteiger partial charge in [-0.05, 0) is 39.0 Å². The number of aryl methyl sites for hydroxylation is 2. The summed E-state index contributed by atoms with van der Waals surface area (Å²) in [6.45, 7) is 6.46. The number of hydrogen-bond donors (Lipinski definition) is 1. The van der Waals surface area contributed by atoms with Gasteiger partial charge in [-0.3, -0.25) is 0 Å². The second kappa shape index (κ2) is 5.57. The molecule has 3 heterocycles. The molecule has 0 saturated carbocycles. The fourth-order valence-corrected chi connectivity index (χ4v) is 2.26. The van der Waals surface area contributed by atoms with E-state index in [-0.39, 0.29) is 6.04 Å². The summed E-state index contributed by atoms with van der Waals surface area (Å²) in [5, 5.41) is 7.23. The van der Waals surface area contributed by atoms with Gasteiger partial charge >= 0.3 is 0 Å². The molecule has 0 aliphatic rings. The van der Waals surface area contributed by atoms with Crippen LogP contribution in [0.5, 0.6) is 0 Å². The van der Waals surface area contributed by atoms with E-state index in [1.54, 1.807) is 18.4 Å². The summed E-state index contributed by atoms with van der Waals surface area (Å²) >= 11 is 0. The van der Waals surface area contributed by atoms with Gasteiger partial charge in [-0.1, -0.05) is 5.16 Å². The minimum Gasteiger partial charge on any atom is -0.466 e. The van der Waals surface area contributed by atoms with E-state index in [2.05, 4.69) is 22.4 Å². The summed E-state index contributed by atoms with van der Waals surface area (Å²) in [4.78, 5) is 4.29. The van der Waals surface area contributed by atoms with Gasteiger partial charge in [0.1, 0.15) is 11.5 Å². The Morgan fingerprint density at radius 2 is 2.19 bits per heavy atom. The highest BCUT2D eigenvalue weighted by molar-refractivity contribution is 5.44. The molecule has 1 atom stereocenters. The van der Waals surface area contributed by atoms with E-state index >= 15 is 0 Å². The van der Waals surface area contributed by atoms with Crippen LogP contribution >= 0.6 is 0 Å². The highest BCUT2D eigenvalue weighted by Crippen LogP contribution is 2.21. The van der Waals surface area contributed by atoms with Gasteiger partial charge in [0.25, 0.3) is 0 Å². The maximum Gasteiger partial charge on any atom is 0.241 e. The molecule has 3 aromatic heterocycles. The monoisotopic (exact) mass is 287 g/mol. The van der Waals surface area contributed by atoms with Crippen molar-refractivity contribution in [2.75, 3.05) is 0 Å². The van der Waals surface area contributed by atoms with Crippen LogP contribution in [-0.4, -0.2) is 10.1 Å². The van der Waals surface area contributed by atoms with Crippen molar-refractivity contribution >= 4 is 0 Å². The second-order valence-electron chi connectivity index (χ2n) is 4.96. The molecular formula is C15H17N3O3. The Morgan fingerprint density at radius 1 is 1.33 bits per heavy atom. The van der Waals surface area contributed by atoms with Crippen LogP contribution in [0.3, 0.4) is 0 Å². The van der Waals surface area contributed by atoms with Crippen LogP contribution in [0.15, 0.2) is 37.8 Å². The molecule has 0 aromatic carbocycles. The molecule has 0 amide bonds. The predicted molar refractivity (Wildman–Crippen MR) is 75.4 cm³/mol. The first-order chi connectivity index (χ1) is 10.1.